The molecule has 1 aromatic rings. The second-order valence-corrected chi connectivity index (χ2v) is 4.46. The average molecular weight is 207 g/mol. The van der Waals surface area contributed by atoms with E-state index in [9.17, 15) is 0 Å². The van der Waals surface area contributed by atoms with E-state index in [1.54, 1.807) is 0 Å². The van der Waals surface area contributed by atoms with Crippen molar-refractivity contribution in [2.24, 2.45) is 0 Å². The van der Waals surface area contributed by atoms with E-state index in [1.807, 2.05) is 0 Å². The molecule has 0 radical (unpaired) electrons. The highest BCUT2D eigenvalue weighted by molar-refractivity contribution is 5.15. The maximum atomic E-state index is 3.54. The number of nitrogens with zero attached hydrogens (tertiary/aromatic N) is 1. The van der Waals surface area contributed by atoms with Crippen molar-refractivity contribution in [2.75, 3.05) is 18.5 Å². The highest BCUT2D eigenvalue weighted by Crippen LogP contribution is 2.08. The molecule has 2 heterocycles. The molecule has 1 fully saturated rings. The zero-order valence-corrected chi connectivity index (χ0v) is 9.71. The number of piperidine rings is 1. The Hall–Kier alpha value is -0.960. The third-order valence-electron chi connectivity index (χ3n) is 3.18. The van der Waals surface area contributed by atoms with Gasteiger partial charge in [-0.3, -0.25) is 4.68 Å². The van der Waals surface area contributed by atoms with Gasteiger partial charge in [-0.15, -0.1) is 0 Å². The smallest absolute Gasteiger partial charge is 0.0467 e. The quantitative estimate of drug-likeness (QED) is 0.791. The van der Waals surface area contributed by atoms with E-state index in [2.05, 4.69) is 41.4 Å². The molecular formula is C12H21N3. The molecule has 0 bridgehead atoms. The van der Waals surface area contributed by atoms with Crippen LogP contribution in [-0.4, -0.2) is 23.8 Å². The molecule has 15 heavy (non-hydrogen) atoms. The molecule has 1 unspecified atom stereocenters. The van der Waals surface area contributed by atoms with Crippen LogP contribution in [0.5, 0.6) is 0 Å². The van der Waals surface area contributed by atoms with Crippen LogP contribution in [0, 0.1) is 13.8 Å². The van der Waals surface area contributed by atoms with E-state index >= 15 is 0 Å². The van der Waals surface area contributed by atoms with Gasteiger partial charge in [0.15, 0.2) is 0 Å². The molecule has 84 valence electrons. The minimum atomic E-state index is 0.639. The first-order valence-corrected chi connectivity index (χ1v) is 5.89. The minimum absolute atomic E-state index is 0.639. The van der Waals surface area contributed by atoms with Gasteiger partial charge in [-0.25, -0.2) is 0 Å². The maximum Gasteiger partial charge on any atom is 0.0467 e. The van der Waals surface area contributed by atoms with Crippen LogP contribution in [-0.2, 0) is 0 Å². The maximum absolute atomic E-state index is 3.54. The number of aryl methyl sites for hydroxylation is 2. The highest BCUT2D eigenvalue weighted by Gasteiger charge is 2.12. The van der Waals surface area contributed by atoms with Crippen molar-refractivity contribution in [1.82, 2.24) is 9.99 Å². The molecule has 2 rings (SSSR count). The molecule has 0 amide bonds. The Bertz CT molecular complexity index is 291. The molecule has 1 aromatic heterocycles. The Morgan fingerprint density at radius 2 is 2.07 bits per heavy atom. The summed E-state index contributed by atoms with van der Waals surface area (Å²) in [5.74, 6) is 0. The highest BCUT2D eigenvalue weighted by atomic mass is 15.4. The van der Waals surface area contributed by atoms with E-state index in [0.717, 1.165) is 6.54 Å². The van der Waals surface area contributed by atoms with Gasteiger partial charge in [0.05, 0.1) is 0 Å². The van der Waals surface area contributed by atoms with Crippen LogP contribution in [0.2, 0.25) is 0 Å². The first kappa shape index (κ1) is 10.6. The normalized spacial score (nSPS) is 21.6. The fourth-order valence-corrected chi connectivity index (χ4v) is 2.22. The molecule has 3 nitrogen and oxygen atoms in total. The molecule has 2 N–H and O–H groups in total. The van der Waals surface area contributed by atoms with Gasteiger partial charge in [-0.1, -0.05) is 6.42 Å². The van der Waals surface area contributed by atoms with E-state index in [1.165, 1.54) is 37.2 Å². The lowest BCUT2D eigenvalue weighted by atomic mass is 10.1. The van der Waals surface area contributed by atoms with Crippen LogP contribution >= 0.6 is 0 Å². The molecule has 0 aliphatic carbocycles. The van der Waals surface area contributed by atoms with Crippen LogP contribution in [0.4, 0.5) is 0 Å². The molecule has 1 aliphatic rings. The minimum Gasteiger partial charge on any atom is -0.324 e. The first-order valence-electron chi connectivity index (χ1n) is 5.89. The van der Waals surface area contributed by atoms with Gasteiger partial charge in [-0.05, 0) is 45.4 Å². The lowest BCUT2D eigenvalue weighted by molar-refractivity contribution is 0.406. The summed E-state index contributed by atoms with van der Waals surface area (Å²) in [5.41, 5.74) is 6.05. The molecule has 0 spiro atoms. The second-order valence-electron chi connectivity index (χ2n) is 4.46. The number of rotatable bonds is 3. The van der Waals surface area contributed by atoms with Crippen molar-refractivity contribution >= 4 is 0 Å². The Morgan fingerprint density at radius 1 is 1.33 bits per heavy atom. The predicted molar refractivity (Wildman–Crippen MR) is 63.8 cm³/mol. The van der Waals surface area contributed by atoms with E-state index in [0.29, 0.717) is 6.04 Å². The van der Waals surface area contributed by atoms with Gasteiger partial charge in [0, 0.05) is 24.0 Å². The van der Waals surface area contributed by atoms with Gasteiger partial charge in [0.25, 0.3) is 0 Å². The summed E-state index contributed by atoms with van der Waals surface area (Å²) in [6, 6.07) is 4.94. The van der Waals surface area contributed by atoms with Gasteiger partial charge >= 0.3 is 0 Å². The Kier molecular flexibility index (Phi) is 3.31. The van der Waals surface area contributed by atoms with Crippen LogP contribution in [0.15, 0.2) is 12.1 Å². The molecule has 3 heteroatoms. The number of nitrogens with one attached hydrogen (secondary N) is 2. The third-order valence-corrected chi connectivity index (χ3v) is 3.18. The van der Waals surface area contributed by atoms with Crippen LogP contribution in [0.1, 0.15) is 30.7 Å². The predicted octanol–water partition coefficient (Wildman–Crippen LogP) is 1.79. The lowest BCUT2D eigenvalue weighted by Crippen LogP contribution is -2.41. The van der Waals surface area contributed by atoms with Crippen molar-refractivity contribution < 1.29 is 0 Å². The Balaban J connectivity index is 1.87. The SMILES string of the molecule is Cc1ccc(C)n1NCC1CCCCN1. The largest absolute Gasteiger partial charge is 0.324 e. The molecule has 0 saturated carbocycles. The summed E-state index contributed by atoms with van der Waals surface area (Å²) < 4.78 is 2.18. The van der Waals surface area contributed by atoms with Crippen LogP contribution < -0.4 is 10.7 Å². The summed E-state index contributed by atoms with van der Waals surface area (Å²) in [5, 5.41) is 3.54. The summed E-state index contributed by atoms with van der Waals surface area (Å²) in [4.78, 5) is 0. The lowest BCUT2D eigenvalue weighted by Gasteiger charge is -2.25. The van der Waals surface area contributed by atoms with Gasteiger partial charge in [0.2, 0.25) is 0 Å². The Labute approximate surface area is 91.8 Å². The molecule has 1 saturated heterocycles. The van der Waals surface area contributed by atoms with Crippen LogP contribution in [0.3, 0.4) is 0 Å². The van der Waals surface area contributed by atoms with Crippen molar-refractivity contribution in [3.63, 3.8) is 0 Å². The number of hydrogen-bond acceptors (Lipinski definition) is 2. The van der Waals surface area contributed by atoms with Crippen molar-refractivity contribution in [1.29, 1.82) is 0 Å². The molecule has 1 aliphatic heterocycles. The van der Waals surface area contributed by atoms with Crippen molar-refractivity contribution in [3.8, 4) is 0 Å². The fraction of sp³-hybridized carbons (Fsp3) is 0.667. The zero-order valence-electron chi connectivity index (χ0n) is 9.71. The third kappa shape index (κ3) is 2.53. The van der Waals surface area contributed by atoms with Crippen LogP contribution in [0.25, 0.3) is 0 Å². The van der Waals surface area contributed by atoms with Gasteiger partial charge < -0.3 is 10.7 Å². The summed E-state index contributed by atoms with van der Waals surface area (Å²) in [7, 11) is 0. The summed E-state index contributed by atoms with van der Waals surface area (Å²) >= 11 is 0. The van der Waals surface area contributed by atoms with Gasteiger partial charge in [0.1, 0.15) is 0 Å². The zero-order chi connectivity index (χ0) is 10.7. The fourth-order valence-electron chi connectivity index (χ4n) is 2.22. The standard InChI is InChI=1S/C12H21N3/c1-10-6-7-11(2)15(10)14-9-12-5-3-4-8-13-12/h6-7,12-14H,3-5,8-9H2,1-2H3. The van der Waals surface area contributed by atoms with E-state index in [4.69, 9.17) is 0 Å². The first-order chi connectivity index (χ1) is 7.27. The molecular weight excluding hydrogens is 186 g/mol. The van der Waals surface area contributed by atoms with E-state index in [-0.39, 0.29) is 0 Å². The average Bonchev–Trinajstić information content (AvgIpc) is 2.58. The summed E-state index contributed by atoms with van der Waals surface area (Å²) in [6.07, 6.45) is 3.99. The number of hydrogen-bond donors (Lipinski definition) is 2. The van der Waals surface area contributed by atoms with Gasteiger partial charge in [-0.2, -0.15) is 0 Å². The molecule has 0 aromatic carbocycles. The Morgan fingerprint density at radius 3 is 2.67 bits per heavy atom. The number of aromatic nitrogens is 1. The molecule has 1 atom stereocenters. The van der Waals surface area contributed by atoms with Crippen molar-refractivity contribution in [2.45, 2.75) is 39.2 Å². The monoisotopic (exact) mass is 207 g/mol. The van der Waals surface area contributed by atoms with Crippen molar-refractivity contribution in [3.05, 3.63) is 23.5 Å². The van der Waals surface area contributed by atoms with E-state index < -0.39 is 0 Å². The second kappa shape index (κ2) is 4.71. The topological polar surface area (TPSA) is 29.0 Å². The summed E-state index contributed by atoms with van der Waals surface area (Å²) in [6.45, 7) is 6.47.